The topological polar surface area (TPSA) is 129 Å². The van der Waals surface area contributed by atoms with E-state index in [1.165, 1.54) is 12.1 Å². The monoisotopic (exact) mass is 589 g/mol. The van der Waals surface area contributed by atoms with Gasteiger partial charge < -0.3 is 19.9 Å². The van der Waals surface area contributed by atoms with Gasteiger partial charge in [0.1, 0.15) is 11.6 Å². The fourth-order valence-corrected chi connectivity index (χ4v) is 5.34. The van der Waals surface area contributed by atoms with Crippen molar-refractivity contribution in [3.8, 4) is 5.75 Å². The van der Waals surface area contributed by atoms with Crippen molar-refractivity contribution < 1.29 is 23.8 Å². The largest absolute Gasteiger partial charge is 0.494 e. The van der Waals surface area contributed by atoms with E-state index in [9.17, 15) is 14.7 Å². The standard InChI is InChI=1S/C31H32FN5O4S/c1-2-16-31(30(39)34-17-20-42-21-22-8-12-24(32)13-9-22)28(26-6-3-4-7-27(26)36-37-33)41-29(35-31)23-10-14-25(15-11-23)40-19-5-18-38/h2-4,6-15,28,38H,1,5,16-21H2,(H,34,39)/t28-,31-/m1/s1. The molecule has 3 aromatic carbocycles. The summed E-state index contributed by atoms with van der Waals surface area (Å²) in [6.07, 6.45) is 1.43. The molecule has 0 bridgehead atoms. The van der Waals surface area contributed by atoms with Gasteiger partial charge in [-0.25, -0.2) is 9.38 Å². The summed E-state index contributed by atoms with van der Waals surface area (Å²) in [5, 5.41) is 15.8. The number of hydrogen-bond acceptors (Lipinski definition) is 7. The van der Waals surface area contributed by atoms with Gasteiger partial charge in [-0.3, -0.25) is 4.79 Å². The van der Waals surface area contributed by atoms with E-state index in [4.69, 9.17) is 19.6 Å². The molecule has 2 atom stereocenters. The van der Waals surface area contributed by atoms with Gasteiger partial charge in [0.25, 0.3) is 5.91 Å². The van der Waals surface area contributed by atoms with Crippen molar-refractivity contribution in [2.75, 3.05) is 25.5 Å². The van der Waals surface area contributed by atoms with Crippen LogP contribution in [0.1, 0.15) is 35.6 Å². The van der Waals surface area contributed by atoms with Crippen LogP contribution in [0.25, 0.3) is 10.4 Å². The summed E-state index contributed by atoms with van der Waals surface area (Å²) in [6.45, 7) is 4.68. The minimum Gasteiger partial charge on any atom is -0.494 e. The third-order valence-corrected chi connectivity index (χ3v) is 7.60. The Morgan fingerprint density at radius 2 is 1.98 bits per heavy atom. The molecule has 0 unspecified atom stereocenters. The summed E-state index contributed by atoms with van der Waals surface area (Å²) in [5.41, 5.74) is 10.3. The number of hydrogen-bond donors (Lipinski definition) is 2. The third-order valence-electron chi connectivity index (χ3n) is 6.57. The molecule has 0 spiro atoms. The fourth-order valence-electron chi connectivity index (χ4n) is 4.52. The molecule has 0 radical (unpaired) electrons. The lowest BCUT2D eigenvalue weighted by molar-refractivity contribution is -0.128. The maximum absolute atomic E-state index is 13.9. The highest BCUT2D eigenvalue weighted by molar-refractivity contribution is 7.98. The van der Waals surface area contributed by atoms with Gasteiger partial charge in [0, 0.05) is 59.2 Å². The molecule has 218 valence electrons. The van der Waals surface area contributed by atoms with Gasteiger partial charge >= 0.3 is 0 Å². The Labute approximate surface area is 248 Å². The molecule has 0 saturated heterocycles. The van der Waals surface area contributed by atoms with Gasteiger partial charge in [-0.2, -0.15) is 11.8 Å². The molecule has 1 aliphatic rings. The number of amides is 1. The molecule has 3 aromatic rings. The SMILES string of the molecule is C=CC[C@@]1(C(=O)NCCSCc2ccc(F)cc2)N=C(c2ccc(OCCCO)cc2)O[C@@H]1c1ccccc1N=[N+]=[N-]. The van der Waals surface area contributed by atoms with Crippen molar-refractivity contribution in [3.05, 3.63) is 118 Å². The van der Waals surface area contributed by atoms with Crippen molar-refractivity contribution in [1.82, 2.24) is 5.32 Å². The molecule has 1 amide bonds. The molecule has 4 rings (SSSR count). The highest BCUT2D eigenvalue weighted by Gasteiger charge is 2.52. The van der Waals surface area contributed by atoms with Crippen LogP contribution in [0.3, 0.4) is 0 Å². The number of rotatable bonds is 15. The Balaban J connectivity index is 1.57. The number of nitrogens with one attached hydrogen (secondary N) is 1. The zero-order valence-corrected chi connectivity index (χ0v) is 23.8. The lowest BCUT2D eigenvalue weighted by Crippen LogP contribution is -2.48. The highest BCUT2D eigenvalue weighted by Crippen LogP contribution is 2.45. The van der Waals surface area contributed by atoms with Gasteiger partial charge in [0.05, 0.1) is 6.61 Å². The summed E-state index contributed by atoms with van der Waals surface area (Å²) in [5.74, 6) is 1.58. The number of aliphatic hydroxyl groups excluding tert-OH is 1. The predicted octanol–water partition coefficient (Wildman–Crippen LogP) is 6.41. The summed E-state index contributed by atoms with van der Waals surface area (Å²) in [7, 11) is 0. The number of carbonyl (C=O) groups excluding carboxylic acids is 1. The fraction of sp³-hybridized carbons (Fsp3) is 0.290. The van der Waals surface area contributed by atoms with E-state index in [1.807, 2.05) is 0 Å². The highest BCUT2D eigenvalue weighted by atomic mass is 32.2. The van der Waals surface area contributed by atoms with Crippen LogP contribution in [-0.4, -0.2) is 48.0 Å². The van der Waals surface area contributed by atoms with Crippen LogP contribution in [0.15, 0.2) is 95.6 Å². The first-order valence-electron chi connectivity index (χ1n) is 13.5. The Morgan fingerprint density at radius 3 is 2.69 bits per heavy atom. The van der Waals surface area contributed by atoms with Crippen LogP contribution < -0.4 is 10.1 Å². The second kappa shape index (κ2) is 15.1. The first-order valence-corrected chi connectivity index (χ1v) is 14.6. The number of carbonyl (C=O) groups is 1. The summed E-state index contributed by atoms with van der Waals surface area (Å²) < 4.78 is 25.2. The molecule has 2 N–H and O–H groups in total. The van der Waals surface area contributed by atoms with Crippen molar-refractivity contribution in [3.63, 3.8) is 0 Å². The lowest BCUT2D eigenvalue weighted by atomic mass is 9.84. The molecular formula is C31H32FN5O4S. The number of aliphatic hydroxyl groups is 1. The van der Waals surface area contributed by atoms with Gasteiger partial charge in [-0.15, -0.1) is 6.58 Å². The van der Waals surface area contributed by atoms with E-state index < -0.39 is 11.6 Å². The molecule has 0 saturated carbocycles. The lowest BCUT2D eigenvalue weighted by Gasteiger charge is -2.30. The Kier molecular flexibility index (Phi) is 11.0. The van der Waals surface area contributed by atoms with Crippen LogP contribution in [0, 0.1) is 5.82 Å². The van der Waals surface area contributed by atoms with Crippen LogP contribution in [0.2, 0.25) is 0 Å². The Hall–Kier alpha value is -4.31. The quantitative estimate of drug-likeness (QED) is 0.0696. The molecule has 0 aliphatic carbocycles. The number of thioether (sulfide) groups is 1. The first kappa shape index (κ1) is 30.6. The van der Waals surface area contributed by atoms with E-state index >= 15 is 0 Å². The average Bonchev–Trinajstić information content (AvgIpc) is 3.39. The maximum Gasteiger partial charge on any atom is 0.252 e. The van der Waals surface area contributed by atoms with Crippen molar-refractivity contribution in [1.29, 1.82) is 0 Å². The Morgan fingerprint density at radius 1 is 1.21 bits per heavy atom. The number of halogens is 1. The zero-order chi connectivity index (χ0) is 29.8. The van der Waals surface area contributed by atoms with Crippen molar-refractivity contribution in [2.45, 2.75) is 30.2 Å². The third kappa shape index (κ3) is 7.50. The molecule has 1 aliphatic heterocycles. The normalized spacial score (nSPS) is 17.5. The predicted molar refractivity (Wildman–Crippen MR) is 162 cm³/mol. The second-order valence-corrected chi connectivity index (χ2v) is 10.6. The average molecular weight is 590 g/mol. The maximum atomic E-state index is 13.9. The number of nitrogens with zero attached hydrogens (tertiary/aromatic N) is 4. The van der Waals surface area contributed by atoms with Crippen LogP contribution >= 0.6 is 11.8 Å². The summed E-state index contributed by atoms with van der Waals surface area (Å²) in [6, 6.07) is 20.4. The van der Waals surface area contributed by atoms with E-state index in [-0.39, 0.29) is 30.6 Å². The van der Waals surface area contributed by atoms with Crippen LogP contribution in [0.4, 0.5) is 10.1 Å². The molecule has 0 aromatic heterocycles. The smallest absolute Gasteiger partial charge is 0.252 e. The Bertz CT molecular complexity index is 1440. The minimum atomic E-state index is -1.41. The van der Waals surface area contributed by atoms with E-state index in [0.717, 1.165) is 5.56 Å². The van der Waals surface area contributed by atoms with Gasteiger partial charge in [-0.1, -0.05) is 47.6 Å². The van der Waals surface area contributed by atoms with Gasteiger partial charge in [0.15, 0.2) is 11.6 Å². The van der Waals surface area contributed by atoms with Gasteiger partial charge in [-0.05, 0) is 47.5 Å². The molecule has 42 heavy (non-hydrogen) atoms. The first-order chi connectivity index (χ1) is 20.5. The van der Waals surface area contributed by atoms with E-state index in [1.54, 1.807) is 78.5 Å². The molecule has 11 heteroatoms. The minimum absolute atomic E-state index is 0.0435. The van der Waals surface area contributed by atoms with E-state index in [2.05, 4.69) is 21.9 Å². The van der Waals surface area contributed by atoms with Gasteiger partial charge in [0.2, 0.25) is 5.90 Å². The molecular weight excluding hydrogens is 557 g/mol. The van der Waals surface area contributed by atoms with Crippen molar-refractivity contribution in [2.24, 2.45) is 10.1 Å². The molecule has 1 heterocycles. The summed E-state index contributed by atoms with van der Waals surface area (Å²) in [4.78, 5) is 21.7. The van der Waals surface area contributed by atoms with Crippen LogP contribution in [-0.2, 0) is 15.3 Å². The summed E-state index contributed by atoms with van der Waals surface area (Å²) >= 11 is 1.62. The second-order valence-electron chi connectivity index (χ2n) is 9.47. The zero-order valence-electron chi connectivity index (χ0n) is 23.0. The van der Waals surface area contributed by atoms with Crippen LogP contribution in [0.5, 0.6) is 5.75 Å². The number of ether oxygens (including phenoxy) is 2. The van der Waals surface area contributed by atoms with Crippen molar-refractivity contribution >= 4 is 29.3 Å². The number of azide groups is 1. The number of aliphatic imine (C=N–C) groups is 1. The number of benzene rings is 3. The van der Waals surface area contributed by atoms with E-state index in [0.29, 0.717) is 53.6 Å². The molecule has 9 nitrogen and oxygen atoms in total. The molecule has 0 fully saturated rings.